The number of hydrogen-bond donors (Lipinski definition) is 1. The highest BCUT2D eigenvalue weighted by Crippen LogP contribution is 2.55. The molecule has 1 aromatic carbocycles. The largest absolute Gasteiger partial charge is 0.442 e. The molecule has 0 aromatic heterocycles. The molecular formula is C18H20F2N4O4. The maximum absolute atomic E-state index is 14.8. The zero-order valence-electron chi connectivity index (χ0n) is 15.3. The number of amides is 2. The highest BCUT2D eigenvalue weighted by Gasteiger charge is 2.56. The number of hydrogen-bond acceptors (Lipinski definition) is 6. The fourth-order valence-corrected chi connectivity index (χ4v) is 4.03. The maximum atomic E-state index is 14.8. The number of halogens is 2. The summed E-state index contributed by atoms with van der Waals surface area (Å²) in [7, 11) is 0. The van der Waals surface area contributed by atoms with Gasteiger partial charge < -0.3 is 15.0 Å². The Balaban J connectivity index is 1.53. The Hall–Kier alpha value is -2.78. The summed E-state index contributed by atoms with van der Waals surface area (Å²) in [5, 5.41) is 5.67. The van der Waals surface area contributed by atoms with Gasteiger partial charge in [0.15, 0.2) is 11.6 Å². The van der Waals surface area contributed by atoms with Crippen LogP contribution in [0.3, 0.4) is 0 Å². The van der Waals surface area contributed by atoms with Gasteiger partial charge in [0.05, 0.1) is 18.8 Å². The van der Waals surface area contributed by atoms with E-state index in [0.29, 0.717) is 6.54 Å². The molecule has 2 atom stereocenters. The normalized spacial score (nSPS) is 25.2. The van der Waals surface area contributed by atoms with E-state index < -0.39 is 29.9 Å². The monoisotopic (exact) mass is 394 g/mol. The van der Waals surface area contributed by atoms with Gasteiger partial charge in [0, 0.05) is 37.6 Å². The van der Waals surface area contributed by atoms with Gasteiger partial charge in [0.25, 0.3) is 0 Å². The third-order valence-corrected chi connectivity index (χ3v) is 5.71. The molecule has 2 heterocycles. The molecule has 1 aromatic rings. The number of carbonyl (C=O) groups is 2. The quantitative estimate of drug-likeness (QED) is 0.773. The lowest BCUT2D eigenvalue weighted by Crippen LogP contribution is -2.33. The summed E-state index contributed by atoms with van der Waals surface area (Å²) in [6, 6.07) is 1.71. The summed E-state index contributed by atoms with van der Waals surface area (Å²) in [4.78, 5) is 36.7. The van der Waals surface area contributed by atoms with Gasteiger partial charge in [-0.3, -0.25) is 9.69 Å². The molecule has 28 heavy (non-hydrogen) atoms. The highest BCUT2D eigenvalue weighted by molar-refractivity contribution is 5.90. The Labute approximate surface area is 159 Å². The minimum Gasteiger partial charge on any atom is -0.442 e. The highest BCUT2D eigenvalue weighted by atomic mass is 19.1. The number of nitrogens with zero attached hydrogens (tertiary/aromatic N) is 3. The van der Waals surface area contributed by atoms with E-state index in [0.717, 1.165) is 29.9 Å². The number of anilines is 2. The van der Waals surface area contributed by atoms with Crippen LogP contribution in [-0.2, 0) is 9.53 Å². The van der Waals surface area contributed by atoms with Gasteiger partial charge in [0.2, 0.25) is 5.91 Å². The van der Waals surface area contributed by atoms with Crippen molar-refractivity contribution in [3.8, 4) is 0 Å². The number of carbonyl (C=O) groups excluding carboxylic acids is 2. The number of cyclic esters (lactones) is 1. The minimum absolute atomic E-state index is 0.0412. The van der Waals surface area contributed by atoms with Crippen LogP contribution < -0.4 is 15.1 Å². The number of rotatable bonds is 5. The molecule has 1 aliphatic carbocycles. The molecule has 3 fully saturated rings. The second kappa shape index (κ2) is 6.68. The first-order valence-electron chi connectivity index (χ1n) is 9.12. The molecule has 3 aliphatic rings. The molecule has 0 bridgehead atoms. The molecule has 2 aliphatic heterocycles. The van der Waals surface area contributed by atoms with E-state index >= 15 is 0 Å². The van der Waals surface area contributed by atoms with E-state index in [1.54, 1.807) is 0 Å². The molecule has 8 nitrogen and oxygen atoms in total. The van der Waals surface area contributed by atoms with E-state index in [9.17, 15) is 23.3 Å². The van der Waals surface area contributed by atoms with Crippen LogP contribution in [0.2, 0.25) is 0 Å². The summed E-state index contributed by atoms with van der Waals surface area (Å²) in [6.07, 6.45) is 0.327. The average Bonchev–Trinajstić information content (AvgIpc) is 3.16. The van der Waals surface area contributed by atoms with Gasteiger partial charge >= 0.3 is 6.09 Å². The summed E-state index contributed by atoms with van der Waals surface area (Å²) >= 11 is 0. The number of nitroso groups, excluding NO2 is 1. The van der Waals surface area contributed by atoms with E-state index in [2.05, 4.69) is 10.5 Å². The lowest BCUT2D eigenvalue weighted by molar-refractivity contribution is -0.119. The second-order valence-corrected chi connectivity index (χ2v) is 7.68. The standard InChI is InChI=1S/C18H20F2N4O4/c1-10(25)21-6-12-7-24(17(26)28-12)11-4-13(19)16(14(20)5-11)23-8-15(22-27)18(9-23)2-3-18/h4-5,12,15H,2-3,6-9H2,1H3,(H,21,25). The third kappa shape index (κ3) is 3.16. The second-order valence-electron chi connectivity index (χ2n) is 7.68. The van der Waals surface area contributed by atoms with Crippen molar-refractivity contribution < 1.29 is 23.1 Å². The Kier molecular flexibility index (Phi) is 4.43. The maximum Gasteiger partial charge on any atom is 0.414 e. The number of nitrogens with one attached hydrogen (secondary N) is 1. The van der Waals surface area contributed by atoms with Crippen LogP contribution in [0.1, 0.15) is 19.8 Å². The van der Waals surface area contributed by atoms with E-state index in [1.807, 2.05) is 0 Å². The molecule has 1 N–H and O–H groups in total. The molecule has 2 unspecified atom stereocenters. The summed E-state index contributed by atoms with van der Waals surface area (Å²) in [5.41, 5.74) is -0.419. The summed E-state index contributed by atoms with van der Waals surface area (Å²) < 4.78 is 34.7. The number of benzene rings is 1. The van der Waals surface area contributed by atoms with Gasteiger partial charge in [-0.2, -0.15) is 4.91 Å². The van der Waals surface area contributed by atoms with Gasteiger partial charge in [-0.1, -0.05) is 5.18 Å². The van der Waals surface area contributed by atoms with Crippen molar-refractivity contribution in [3.63, 3.8) is 0 Å². The van der Waals surface area contributed by atoms with E-state index in [1.165, 1.54) is 11.8 Å². The van der Waals surface area contributed by atoms with Crippen LogP contribution in [0.4, 0.5) is 25.0 Å². The average molecular weight is 394 g/mol. The Morgan fingerprint density at radius 2 is 2.00 bits per heavy atom. The van der Waals surface area contributed by atoms with Crippen LogP contribution in [0, 0.1) is 22.0 Å². The molecule has 2 saturated heterocycles. The van der Waals surface area contributed by atoms with Crippen molar-refractivity contribution in [3.05, 3.63) is 28.7 Å². The van der Waals surface area contributed by atoms with Crippen molar-refractivity contribution in [2.75, 3.05) is 36.0 Å². The molecule has 10 heteroatoms. The van der Waals surface area contributed by atoms with Crippen LogP contribution in [0.5, 0.6) is 0 Å². The van der Waals surface area contributed by atoms with Crippen LogP contribution in [-0.4, -0.2) is 50.3 Å². The first-order valence-corrected chi connectivity index (χ1v) is 9.12. The molecule has 1 saturated carbocycles. The van der Waals surface area contributed by atoms with Crippen molar-refractivity contribution in [1.82, 2.24) is 5.32 Å². The molecule has 4 rings (SSSR count). The van der Waals surface area contributed by atoms with Crippen LogP contribution in [0.15, 0.2) is 17.3 Å². The van der Waals surface area contributed by atoms with Gasteiger partial charge in [-0.25, -0.2) is 13.6 Å². The molecule has 0 radical (unpaired) electrons. The van der Waals surface area contributed by atoms with Crippen molar-refractivity contribution in [2.45, 2.75) is 31.9 Å². The zero-order valence-corrected chi connectivity index (χ0v) is 15.3. The fraction of sp³-hybridized carbons (Fsp3) is 0.556. The fourth-order valence-electron chi connectivity index (χ4n) is 4.03. The summed E-state index contributed by atoms with van der Waals surface area (Å²) in [5.74, 6) is -1.89. The van der Waals surface area contributed by atoms with Crippen LogP contribution in [0.25, 0.3) is 0 Å². The predicted octanol–water partition coefficient (Wildman–Crippen LogP) is 2.16. The molecule has 2 amide bonds. The lowest BCUT2D eigenvalue weighted by Gasteiger charge is -2.22. The number of ether oxygens (including phenoxy) is 1. The first-order chi connectivity index (χ1) is 13.3. The third-order valence-electron chi connectivity index (χ3n) is 5.71. The minimum atomic E-state index is -0.810. The van der Waals surface area contributed by atoms with E-state index in [4.69, 9.17) is 4.74 Å². The topological polar surface area (TPSA) is 91.3 Å². The lowest BCUT2D eigenvalue weighted by atomic mass is 10.0. The molecule has 150 valence electrons. The van der Waals surface area contributed by atoms with Gasteiger partial charge in [-0.05, 0) is 12.8 Å². The van der Waals surface area contributed by atoms with Crippen molar-refractivity contribution in [2.24, 2.45) is 10.6 Å². The van der Waals surface area contributed by atoms with Gasteiger partial charge in [-0.15, -0.1) is 0 Å². The predicted molar refractivity (Wildman–Crippen MR) is 96.1 cm³/mol. The Morgan fingerprint density at radius 1 is 1.32 bits per heavy atom. The summed E-state index contributed by atoms with van der Waals surface area (Å²) in [6.45, 7) is 2.10. The van der Waals surface area contributed by atoms with Crippen LogP contribution >= 0.6 is 0 Å². The van der Waals surface area contributed by atoms with Crippen molar-refractivity contribution >= 4 is 23.4 Å². The van der Waals surface area contributed by atoms with Gasteiger partial charge in [0.1, 0.15) is 17.8 Å². The first kappa shape index (κ1) is 18.6. The Bertz CT molecular complexity index is 822. The van der Waals surface area contributed by atoms with Crippen molar-refractivity contribution in [1.29, 1.82) is 0 Å². The smallest absolute Gasteiger partial charge is 0.414 e. The molecular weight excluding hydrogens is 374 g/mol. The Morgan fingerprint density at radius 3 is 2.54 bits per heavy atom. The van der Waals surface area contributed by atoms with E-state index in [-0.39, 0.29) is 42.3 Å². The molecule has 1 spiro atoms. The zero-order chi connectivity index (χ0) is 20.1. The SMILES string of the molecule is CC(=O)NCC1CN(c2cc(F)c(N3CC(N=O)C4(CC4)C3)c(F)c2)C(=O)O1.